The highest BCUT2D eigenvalue weighted by molar-refractivity contribution is 5.97. The van der Waals surface area contributed by atoms with E-state index in [1.165, 1.54) is 5.56 Å². The Morgan fingerprint density at radius 3 is 2.26 bits per heavy atom. The lowest BCUT2D eigenvalue weighted by Crippen LogP contribution is -2.31. The van der Waals surface area contributed by atoms with Crippen molar-refractivity contribution in [3.63, 3.8) is 0 Å². The molecule has 0 fully saturated rings. The summed E-state index contributed by atoms with van der Waals surface area (Å²) in [5, 5.41) is 6.10. The Balaban J connectivity index is 1.99. The summed E-state index contributed by atoms with van der Waals surface area (Å²) < 4.78 is 5.24. The molecule has 1 atom stereocenters. The molecule has 4 nitrogen and oxygen atoms in total. The van der Waals surface area contributed by atoms with Gasteiger partial charge in [0.2, 0.25) is 5.91 Å². The first-order valence-electron chi connectivity index (χ1n) is 7.81. The van der Waals surface area contributed by atoms with Crippen LogP contribution in [0.15, 0.2) is 48.5 Å². The van der Waals surface area contributed by atoms with Gasteiger partial charge in [-0.3, -0.25) is 4.79 Å². The average Bonchev–Trinajstić information content (AvgIpc) is 2.55. The molecule has 0 heterocycles. The molecule has 0 aromatic heterocycles. The van der Waals surface area contributed by atoms with Gasteiger partial charge in [0.15, 0.2) is 0 Å². The van der Waals surface area contributed by atoms with Crippen LogP contribution in [0.5, 0.6) is 5.75 Å². The van der Waals surface area contributed by atoms with Crippen molar-refractivity contribution in [3.8, 4) is 5.75 Å². The summed E-state index contributed by atoms with van der Waals surface area (Å²) in [6.07, 6.45) is 0. The molecular formula is C19H24N2O2. The summed E-state index contributed by atoms with van der Waals surface area (Å²) in [6, 6.07) is 15.2. The number of anilines is 2. The first-order valence-corrected chi connectivity index (χ1v) is 7.81. The Kier molecular flexibility index (Phi) is 5.63. The Bertz CT molecular complexity index is 651. The second-order valence-corrected chi connectivity index (χ2v) is 5.83. The molecular weight excluding hydrogens is 288 g/mol. The molecule has 0 aliphatic rings. The standard InChI is InChI=1S/C19H24N2O2/c1-13(2)15-9-11-16(12-10-15)20-14(3)19(22)21-17-7-5-6-8-18(17)23-4/h5-14,20H,1-4H3,(H,21,22). The van der Waals surface area contributed by atoms with Gasteiger partial charge in [-0.15, -0.1) is 0 Å². The first-order chi connectivity index (χ1) is 11.0. The number of para-hydroxylation sites is 2. The third-order valence-electron chi connectivity index (χ3n) is 3.72. The van der Waals surface area contributed by atoms with Gasteiger partial charge in [0.1, 0.15) is 11.8 Å². The van der Waals surface area contributed by atoms with Crippen molar-refractivity contribution >= 4 is 17.3 Å². The number of ether oxygens (including phenoxy) is 1. The fraction of sp³-hybridized carbons (Fsp3) is 0.316. The van der Waals surface area contributed by atoms with Crippen LogP contribution >= 0.6 is 0 Å². The lowest BCUT2D eigenvalue weighted by Gasteiger charge is -2.17. The maximum Gasteiger partial charge on any atom is 0.246 e. The topological polar surface area (TPSA) is 50.4 Å². The van der Waals surface area contributed by atoms with Gasteiger partial charge >= 0.3 is 0 Å². The molecule has 2 rings (SSSR count). The Morgan fingerprint density at radius 2 is 1.65 bits per heavy atom. The number of hydrogen-bond donors (Lipinski definition) is 2. The summed E-state index contributed by atoms with van der Waals surface area (Å²) in [4.78, 5) is 12.3. The summed E-state index contributed by atoms with van der Waals surface area (Å²) in [5.74, 6) is 1.03. The number of methoxy groups -OCH3 is 1. The predicted octanol–water partition coefficient (Wildman–Crippen LogP) is 4.26. The van der Waals surface area contributed by atoms with E-state index in [1.54, 1.807) is 7.11 Å². The van der Waals surface area contributed by atoms with Gasteiger partial charge in [-0.25, -0.2) is 0 Å². The second-order valence-electron chi connectivity index (χ2n) is 5.83. The highest BCUT2D eigenvalue weighted by Gasteiger charge is 2.14. The molecule has 2 aromatic rings. The average molecular weight is 312 g/mol. The minimum absolute atomic E-state index is 0.109. The van der Waals surface area contributed by atoms with Crippen LogP contribution in [0.2, 0.25) is 0 Å². The van der Waals surface area contributed by atoms with Gasteiger partial charge in [-0.05, 0) is 42.7 Å². The zero-order valence-electron chi connectivity index (χ0n) is 14.1. The number of amides is 1. The van der Waals surface area contributed by atoms with E-state index in [0.717, 1.165) is 5.69 Å². The zero-order valence-corrected chi connectivity index (χ0v) is 14.1. The fourth-order valence-electron chi connectivity index (χ4n) is 2.27. The van der Waals surface area contributed by atoms with E-state index in [2.05, 4.69) is 36.6 Å². The van der Waals surface area contributed by atoms with Gasteiger partial charge in [0, 0.05) is 5.69 Å². The molecule has 1 amide bonds. The van der Waals surface area contributed by atoms with Crippen molar-refractivity contribution < 1.29 is 9.53 Å². The van der Waals surface area contributed by atoms with Gasteiger partial charge in [-0.2, -0.15) is 0 Å². The maximum absolute atomic E-state index is 12.3. The minimum atomic E-state index is -0.357. The molecule has 0 bridgehead atoms. The number of carbonyl (C=O) groups is 1. The molecule has 23 heavy (non-hydrogen) atoms. The van der Waals surface area contributed by atoms with Crippen molar-refractivity contribution in [2.75, 3.05) is 17.7 Å². The Labute approximate surface area is 137 Å². The zero-order chi connectivity index (χ0) is 16.8. The van der Waals surface area contributed by atoms with Crippen LogP contribution in [0.4, 0.5) is 11.4 Å². The van der Waals surface area contributed by atoms with Crippen LogP contribution < -0.4 is 15.4 Å². The van der Waals surface area contributed by atoms with Crippen molar-refractivity contribution in [2.45, 2.75) is 32.7 Å². The number of nitrogens with one attached hydrogen (secondary N) is 2. The monoisotopic (exact) mass is 312 g/mol. The van der Waals surface area contributed by atoms with E-state index in [9.17, 15) is 4.79 Å². The van der Waals surface area contributed by atoms with Crippen LogP contribution in [0.1, 0.15) is 32.3 Å². The first kappa shape index (κ1) is 16.9. The smallest absolute Gasteiger partial charge is 0.246 e. The van der Waals surface area contributed by atoms with E-state index in [-0.39, 0.29) is 11.9 Å². The highest BCUT2D eigenvalue weighted by atomic mass is 16.5. The van der Waals surface area contributed by atoms with Gasteiger partial charge < -0.3 is 15.4 Å². The molecule has 2 N–H and O–H groups in total. The van der Waals surface area contributed by atoms with Gasteiger partial charge in [0.25, 0.3) is 0 Å². The fourth-order valence-corrected chi connectivity index (χ4v) is 2.27. The highest BCUT2D eigenvalue weighted by Crippen LogP contribution is 2.23. The maximum atomic E-state index is 12.3. The SMILES string of the molecule is COc1ccccc1NC(=O)C(C)Nc1ccc(C(C)C)cc1. The number of hydrogen-bond acceptors (Lipinski definition) is 3. The Morgan fingerprint density at radius 1 is 1.00 bits per heavy atom. The summed E-state index contributed by atoms with van der Waals surface area (Å²) in [6.45, 7) is 6.15. The third kappa shape index (κ3) is 4.49. The van der Waals surface area contributed by atoms with Crippen molar-refractivity contribution in [1.82, 2.24) is 0 Å². The summed E-state index contributed by atoms with van der Waals surface area (Å²) in [7, 11) is 1.59. The second kappa shape index (κ2) is 7.68. The molecule has 0 radical (unpaired) electrons. The number of benzene rings is 2. The lowest BCUT2D eigenvalue weighted by molar-refractivity contribution is -0.116. The van der Waals surface area contributed by atoms with Crippen molar-refractivity contribution in [1.29, 1.82) is 0 Å². The van der Waals surface area contributed by atoms with E-state index < -0.39 is 0 Å². The van der Waals surface area contributed by atoms with Gasteiger partial charge in [-0.1, -0.05) is 38.1 Å². The molecule has 0 spiro atoms. The third-order valence-corrected chi connectivity index (χ3v) is 3.72. The van der Waals surface area contributed by atoms with E-state index in [4.69, 9.17) is 4.74 Å². The number of carbonyl (C=O) groups excluding carboxylic acids is 1. The van der Waals surface area contributed by atoms with Crippen molar-refractivity contribution in [2.24, 2.45) is 0 Å². The molecule has 0 aliphatic carbocycles. The minimum Gasteiger partial charge on any atom is -0.495 e. The van der Waals surface area contributed by atoms with Crippen molar-refractivity contribution in [3.05, 3.63) is 54.1 Å². The molecule has 2 aromatic carbocycles. The van der Waals surface area contributed by atoms with Crippen LogP contribution in [-0.2, 0) is 4.79 Å². The largest absolute Gasteiger partial charge is 0.495 e. The van der Waals surface area contributed by atoms with E-state index in [1.807, 2.05) is 43.3 Å². The summed E-state index contributed by atoms with van der Waals surface area (Å²) >= 11 is 0. The molecule has 4 heteroatoms. The molecule has 122 valence electrons. The van der Waals surface area contributed by atoms with Crippen LogP contribution in [0.3, 0.4) is 0 Å². The Hall–Kier alpha value is -2.49. The van der Waals surface area contributed by atoms with E-state index in [0.29, 0.717) is 17.4 Å². The molecule has 0 aliphatic heterocycles. The number of rotatable bonds is 6. The van der Waals surface area contributed by atoms with Gasteiger partial charge in [0.05, 0.1) is 12.8 Å². The lowest BCUT2D eigenvalue weighted by atomic mass is 10.0. The normalized spacial score (nSPS) is 11.9. The summed E-state index contributed by atoms with van der Waals surface area (Å²) in [5.41, 5.74) is 2.88. The van der Waals surface area contributed by atoms with Crippen LogP contribution in [0, 0.1) is 0 Å². The van der Waals surface area contributed by atoms with E-state index >= 15 is 0 Å². The molecule has 1 unspecified atom stereocenters. The van der Waals surface area contributed by atoms with Crippen LogP contribution in [-0.4, -0.2) is 19.1 Å². The molecule has 0 saturated heterocycles. The predicted molar refractivity (Wildman–Crippen MR) is 95.2 cm³/mol. The quantitative estimate of drug-likeness (QED) is 0.838. The van der Waals surface area contributed by atoms with Crippen LogP contribution in [0.25, 0.3) is 0 Å². The molecule has 0 saturated carbocycles.